The molecule has 2 N–H and O–H groups in total. The maximum Gasteiger partial charge on any atom is 0.327 e. The third-order valence-electron chi connectivity index (χ3n) is 2.65. The van der Waals surface area contributed by atoms with Crippen LogP contribution in [0.3, 0.4) is 0 Å². The Labute approximate surface area is 97.3 Å². The van der Waals surface area contributed by atoms with Crippen LogP contribution in [0.5, 0.6) is 0 Å². The van der Waals surface area contributed by atoms with Crippen LogP contribution in [0.25, 0.3) is 0 Å². The van der Waals surface area contributed by atoms with Gasteiger partial charge in [0.25, 0.3) is 5.91 Å². The minimum absolute atomic E-state index is 0.218. The van der Waals surface area contributed by atoms with E-state index < -0.39 is 18.1 Å². The largest absolute Gasteiger partial charge is 0.480 e. The molecule has 2 aliphatic heterocycles. The predicted octanol–water partition coefficient (Wildman–Crippen LogP) is -1.04. The third kappa shape index (κ3) is 2.31. The Balaban J connectivity index is 1.99. The van der Waals surface area contributed by atoms with Gasteiger partial charge in [0.05, 0.1) is 12.5 Å². The van der Waals surface area contributed by atoms with Crippen molar-refractivity contribution in [3.63, 3.8) is 0 Å². The number of carboxylic acid groups (broad SMARTS) is 1. The SMILES string of the molecule is O=C(O)[C@@H]1CSCN1C(=O)C1CNCCO1. The lowest BCUT2D eigenvalue weighted by molar-refractivity contribution is -0.154. The molecule has 0 saturated carbocycles. The maximum atomic E-state index is 12.0. The molecule has 0 aromatic rings. The second kappa shape index (κ2) is 5.03. The molecule has 2 saturated heterocycles. The fourth-order valence-corrected chi connectivity index (χ4v) is 2.93. The summed E-state index contributed by atoms with van der Waals surface area (Å²) >= 11 is 1.46. The van der Waals surface area contributed by atoms with Crippen molar-refractivity contribution in [2.75, 3.05) is 31.3 Å². The predicted molar refractivity (Wildman–Crippen MR) is 58.2 cm³/mol. The van der Waals surface area contributed by atoms with Gasteiger partial charge in [0.15, 0.2) is 0 Å². The minimum atomic E-state index is -0.942. The molecular weight excluding hydrogens is 232 g/mol. The zero-order chi connectivity index (χ0) is 11.5. The fraction of sp³-hybridized carbons (Fsp3) is 0.778. The Kier molecular flexibility index (Phi) is 3.67. The number of amides is 1. The maximum absolute atomic E-state index is 12.0. The quantitative estimate of drug-likeness (QED) is 0.648. The second-order valence-corrected chi connectivity index (χ2v) is 4.73. The van der Waals surface area contributed by atoms with E-state index in [-0.39, 0.29) is 5.91 Å². The molecule has 0 radical (unpaired) electrons. The first-order valence-electron chi connectivity index (χ1n) is 5.13. The van der Waals surface area contributed by atoms with Gasteiger partial charge >= 0.3 is 5.97 Å². The van der Waals surface area contributed by atoms with Crippen molar-refractivity contribution in [3.05, 3.63) is 0 Å². The normalized spacial score (nSPS) is 30.4. The summed E-state index contributed by atoms with van der Waals surface area (Å²) in [5.41, 5.74) is 0. The first kappa shape index (κ1) is 11.7. The van der Waals surface area contributed by atoms with Crippen LogP contribution in [0.2, 0.25) is 0 Å². The lowest BCUT2D eigenvalue weighted by Crippen LogP contribution is -2.52. The molecule has 0 aromatic heterocycles. The lowest BCUT2D eigenvalue weighted by Gasteiger charge is -2.28. The van der Waals surface area contributed by atoms with Crippen LogP contribution in [-0.2, 0) is 14.3 Å². The van der Waals surface area contributed by atoms with Gasteiger partial charge < -0.3 is 20.1 Å². The van der Waals surface area contributed by atoms with Gasteiger partial charge in [0.2, 0.25) is 0 Å². The van der Waals surface area contributed by atoms with Gasteiger partial charge in [-0.25, -0.2) is 4.79 Å². The molecule has 7 heteroatoms. The van der Waals surface area contributed by atoms with Crippen LogP contribution in [0.4, 0.5) is 0 Å². The second-order valence-electron chi connectivity index (χ2n) is 3.73. The number of carbonyl (C=O) groups excluding carboxylic acids is 1. The molecular formula is C9H14N2O4S. The Morgan fingerprint density at radius 2 is 2.31 bits per heavy atom. The molecule has 0 spiro atoms. The Morgan fingerprint density at radius 3 is 2.94 bits per heavy atom. The summed E-state index contributed by atoms with van der Waals surface area (Å²) in [5, 5.41) is 12.0. The van der Waals surface area contributed by atoms with Gasteiger partial charge in [0.1, 0.15) is 12.1 Å². The number of morpholine rings is 1. The van der Waals surface area contributed by atoms with E-state index in [2.05, 4.69) is 5.32 Å². The van der Waals surface area contributed by atoms with E-state index in [1.54, 1.807) is 0 Å². The highest BCUT2D eigenvalue weighted by atomic mass is 32.2. The van der Waals surface area contributed by atoms with E-state index in [1.165, 1.54) is 16.7 Å². The highest BCUT2D eigenvalue weighted by molar-refractivity contribution is 7.99. The van der Waals surface area contributed by atoms with Crippen LogP contribution in [-0.4, -0.2) is 65.4 Å². The van der Waals surface area contributed by atoms with Crippen LogP contribution in [0.1, 0.15) is 0 Å². The number of nitrogens with zero attached hydrogens (tertiary/aromatic N) is 1. The smallest absolute Gasteiger partial charge is 0.327 e. The monoisotopic (exact) mass is 246 g/mol. The number of thioether (sulfide) groups is 1. The van der Waals surface area contributed by atoms with Crippen molar-refractivity contribution >= 4 is 23.6 Å². The topological polar surface area (TPSA) is 78.9 Å². The van der Waals surface area contributed by atoms with Gasteiger partial charge in [-0.15, -0.1) is 11.8 Å². The molecule has 16 heavy (non-hydrogen) atoms. The zero-order valence-corrected chi connectivity index (χ0v) is 9.53. The molecule has 0 aliphatic carbocycles. The number of aliphatic carboxylic acids is 1. The van der Waals surface area contributed by atoms with Gasteiger partial charge in [-0.1, -0.05) is 0 Å². The highest BCUT2D eigenvalue weighted by Crippen LogP contribution is 2.22. The fourth-order valence-electron chi connectivity index (χ4n) is 1.77. The summed E-state index contributed by atoms with van der Waals surface area (Å²) < 4.78 is 5.32. The molecule has 2 fully saturated rings. The van der Waals surface area contributed by atoms with Crippen LogP contribution >= 0.6 is 11.8 Å². The van der Waals surface area contributed by atoms with Gasteiger partial charge in [-0.3, -0.25) is 4.79 Å². The Hall–Kier alpha value is -0.790. The van der Waals surface area contributed by atoms with E-state index in [9.17, 15) is 9.59 Å². The Bertz CT molecular complexity index is 293. The number of carboxylic acids is 1. The zero-order valence-electron chi connectivity index (χ0n) is 8.72. The van der Waals surface area contributed by atoms with Crippen molar-refractivity contribution in [2.45, 2.75) is 12.1 Å². The summed E-state index contributed by atoms with van der Waals surface area (Å²) in [6, 6.07) is -0.706. The van der Waals surface area contributed by atoms with E-state index in [4.69, 9.17) is 9.84 Å². The molecule has 2 rings (SSSR count). The summed E-state index contributed by atoms with van der Waals surface area (Å²) in [6.07, 6.45) is -0.533. The van der Waals surface area contributed by atoms with E-state index >= 15 is 0 Å². The standard InChI is InChI=1S/C9H14N2O4S/c12-8(7-3-10-1-2-15-7)11-5-16-4-6(11)9(13)14/h6-7,10H,1-5H2,(H,13,14)/t6-,7?/m0/s1. The number of hydrogen-bond donors (Lipinski definition) is 2. The minimum Gasteiger partial charge on any atom is -0.480 e. The van der Waals surface area contributed by atoms with Crippen LogP contribution in [0.15, 0.2) is 0 Å². The first-order valence-corrected chi connectivity index (χ1v) is 6.29. The number of ether oxygens (including phenoxy) is 1. The molecule has 6 nitrogen and oxygen atoms in total. The summed E-state index contributed by atoms with van der Waals surface area (Å²) in [6.45, 7) is 1.70. The van der Waals surface area contributed by atoms with Gasteiger partial charge in [0, 0.05) is 18.8 Å². The van der Waals surface area contributed by atoms with Crippen molar-refractivity contribution < 1.29 is 19.4 Å². The average molecular weight is 246 g/mol. The van der Waals surface area contributed by atoms with Crippen molar-refractivity contribution in [1.29, 1.82) is 0 Å². The lowest BCUT2D eigenvalue weighted by atomic mass is 10.2. The van der Waals surface area contributed by atoms with Crippen LogP contribution in [0, 0.1) is 0 Å². The summed E-state index contributed by atoms with van der Waals surface area (Å²) in [7, 11) is 0. The van der Waals surface area contributed by atoms with Crippen molar-refractivity contribution in [2.24, 2.45) is 0 Å². The molecule has 90 valence electrons. The molecule has 2 heterocycles. The molecule has 0 aromatic carbocycles. The molecule has 2 atom stereocenters. The summed E-state index contributed by atoms with van der Waals surface area (Å²) in [4.78, 5) is 24.3. The molecule has 0 bridgehead atoms. The first-order chi connectivity index (χ1) is 7.70. The van der Waals surface area contributed by atoms with E-state index in [0.29, 0.717) is 24.8 Å². The Morgan fingerprint density at radius 1 is 1.50 bits per heavy atom. The number of carbonyl (C=O) groups is 2. The van der Waals surface area contributed by atoms with E-state index in [1.807, 2.05) is 0 Å². The average Bonchev–Trinajstić information content (AvgIpc) is 2.78. The van der Waals surface area contributed by atoms with Crippen LogP contribution < -0.4 is 5.32 Å². The number of rotatable bonds is 2. The number of nitrogens with one attached hydrogen (secondary N) is 1. The van der Waals surface area contributed by atoms with Crippen molar-refractivity contribution in [3.8, 4) is 0 Å². The van der Waals surface area contributed by atoms with Gasteiger partial charge in [-0.05, 0) is 0 Å². The van der Waals surface area contributed by atoms with E-state index in [0.717, 1.165) is 6.54 Å². The molecule has 1 unspecified atom stereocenters. The third-order valence-corrected chi connectivity index (χ3v) is 3.67. The molecule has 2 aliphatic rings. The highest BCUT2D eigenvalue weighted by Gasteiger charge is 2.38. The van der Waals surface area contributed by atoms with Crippen molar-refractivity contribution in [1.82, 2.24) is 10.2 Å². The molecule has 1 amide bonds. The summed E-state index contributed by atoms with van der Waals surface area (Å²) in [5.74, 6) is -0.261. The number of hydrogen-bond acceptors (Lipinski definition) is 5. The van der Waals surface area contributed by atoms with Gasteiger partial charge in [-0.2, -0.15) is 0 Å².